The third kappa shape index (κ3) is 5.41. The zero-order chi connectivity index (χ0) is 17.5. The fourth-order valence-electron chi connectivity index (χ4n) is 3.59. The Morgan fingerprint density at radius 2 is 1.96 bits per heavy atom. The van der Waals surface area contributed by atoms with Crippen molar-refractivity contribution in [2.24, 2.45) is 0 Å². The first-order valence-electron chi connectivity index (χ1n) is 9.48. The molecule has 1 aromatic rings. The van der Waals surface area contributed by atoms with Gasteiger partial charge >= 0.3 is 6.03 Å². The van der Waals surface area contributed by atoms with Gasteiger partial charge in [0.15, 0.2) is 0 Å². The molecule has 6 nitrogen and oxygen atoms in total. The quantitative estimate of drug-likeness (QED) is 0.905. The van der Waals surface area contributed by atoms with Crippen LogP contribution in [0.25, 0.3) is 0 Å². The molecule has 3 heterocycles. The molecule has 2 amide bonds. The normalized spacial score (nSPS) is 23.2. The Morgan fingerprint density at radius 1 is 1.20 bits per heavy atom. The van der Waals surface area contributed by atoms with Gasteiger partial charge in [0.2, 0.25) is 0 Å². The number of likely N-dealkylation sites (tertiary alicyclic amines) is 1. The first kappa shape index (κ1) is 18.1. The average Bonchev–Trinajstić information content (AvgIpc) is 2.86. The lowest BCUT2D eigenvalue weighted by Gasteiger charge is -2.34. The van der Waals surface area contributed by atoms with E-state index in [-0.39, 0.29) is 12.1 Å². The maximum atomic E-state index is 12.6. The van der Waals surface area contributed by atoms with Gasteiger partial charge in [-0.15, -0.1) is 0 Å². The minimum atomic E-state index is 0.0771. The fourth-order valence-corrected chi connectivity index (χ4v) is 3.59. The zero-order valence-electron chi connectivity index (χ0n) is 15.2. The van der Waals surface area contributed by atoms with Crippen molar-refractivity contribution < 1.29 is 9.53 Å². The molecule has 2 aliphatic rings. The molecule has 0 aliphatic carbocycles. The number of hydrogen-bond donors (Lipinski definition) is 1. The van der Waals surface area contributed by atoms with Crippen molar-refractivity contribution in [3.8, 4) is 0 Å². The van der Waals surface area contributed by atoms with Crippen LogP contribution in [-0.4, -0.2) is 72.3 Å². The summed E-state index contributed by atoms with van der Waals surface area (Å²) < 4.78 is 5.48. The molecule has 1 unspecified atom stereocenters. The number of rotatable bonds is 4. The monoisotopic (exact) mass is 346 g/mol. The van der Waals surface area contributed by atoms with Gasteiger partial charge in [-0.05, 0) is 50.3 Å². The van der Waals surface area contributed by atoms with Gasteiger partial charge in [0.25, 0.3) is 0 Å². The van der Waals surface area contributed by atoms with Crippen molar-refractivity contribution in [1.82, 2.24) is 20.1 Å². The number of urea groups is 1. The lowest BCUT2D eigenvalue weighted by molar-refractivity contribution is 0.139. The number of hydrogen-bond acceptors (Lipinski definition) is 4. The van der Waals surface area contributed by atoms with Crippen LogP contribution in [-0.2, 0) is 11.2 Å². The van der Waals surface area contributed by atoms with Crippen LogP contribution in [0.15, 0.2) is 24.5 Å². The van der Waals surface area contributed by atoms with Crippen LogP contribution in [0.1, 0.15) is 31.7 Å². The van der Waals surface area contributed by atoms with Crippen LogP contribution < -0.4 is 5.32 Å². The first-order valence-corrected chi connectivity index (χ1v) is 9.48. The van der Waals surface area contributed by atoms with Crippen LogP contribution in [0.4, 0.5) is 4.79 Å². The third-order valence-electron chi connectivity index (χ3n) is 5.33. The predicted molar refractivity (Wildman–Crippen MR) is 97.5 cm³/mol. The van der Waals surface area contributed by atoms with Crippen molar-refractivity contribution in [2.75, 3.05) is 39.4 Å². The number of pyridine rings is 1. The standard InChI is InChI=1S/C19H30N4O2/c1-16-7-14-25-15-13-23(16)19(24)21-18-5-11-22(12-6-18)10-4-17-2-8-20-9-3-17/h2-3,8-9,16,18H,4-7,10-15H2,1H3,(H,21,24). The summed E-state index contributed by atoms with van der Waals surface area (Å²) in [6.45, 7) is 7.37. The van der Waals surface area contributed by atoms with Crippen molar-refractivity contribution in [1.29, 1.82) is 0 Å². The number of aromatic nitrogens is 1. The Hall–Kier alpha value is -1.66. The van der Waals surface area contributed by atoms with Gasteiger partial charge in [-0.25, -0.2) is 4.79 Å². The van der Waals surface area contributed by atoms with E-state index in [1.165, 1.54) is 5.56 Å². The molecule has 1 atom stereocenters. The lowest BCUT2D eigenvalue weighted by atomic mass is 10.0. The fraction of sp³-hybridized carbons (Fsp3) is 0.684. The second-order valence-corrected chi connectivity index (χ2v) is 7.11. The van der Waals surface area contributed by atoms with E-state index in [1.54, 1.807) is 0 Å². The minimum absolute atomic E-state index is 0.0771. The van der Waals surface area contributed by atoms with E-state index in [0.717, 1.165) is 51.9 Å². The van der Waals surface area contributed by atoms with E-state index in [0.29, 0.717) is 19.2 Å². The van der Waals surface area contributed by atoms with Gasteiger partial charge in [0.1, 0.15) is 0 Å². The predicted octanol–water partition coefficient (Wildman–Crippen LogP) is 1.91. The van der Waals surface area contributed by atoms with Gasteiger partial charge in [0.05, 0.1) is 6.61 Å². The van der Waals surface area contributed by atoms with E-state index in [1.807, 2.05) is 17.3 Å². The molecule has 2 saturated heterocycles. The van der Waals surface area contributed by atoms with Gasteiger partial charge in [-0.3, -0.25) is 4.98 Å². The van der Waals surface area contributed by atoms with Crippen molar-refractivity contribution >= 4 is 6.03 Å². The number of carbonyl (C=O) groups excluding carboxylic acids is 1. The topological polar surface area (TPSA) is 57.7 Å². The molecule has 0 spiro atoms. The summed E-state index contributed by atoms with van der Waals surface area (Å²) >= 11 is 0. The highest BCUT2D eigenvalue weighted by molar-refractivity contribution is 5.74. The molecule has 0 bridgehead atoms. The maximum Gasteiger partial charge on any atom is 0.317 e. The van der Waals surface area contributed by atoms with E-state index in [2.05, 4.69) is 34.3 Å². The average molecular weight is 346 g/mol. The Morgan fingerprint density at radius 3 is 2.72 bits per heavy atom. The molecule has 1 N–H and O–H groups in total. The number of nitrogens with one attached hydrogen (secondary N) is 1. The Balaban J connectivity index is 1.39. The molecule has 0 radical (unpaired) electrons. The van der Waals surface area contributed by atoms with Crippen LogP contribution in [0.3, 0.4) is 0 Å². The first-order chi connectivity index (χ1) is 12.2. The molecule has 138 valence electrons. The summed E-state index contributed by atoms with van der Waals surface area (Å²) in [7, 11) is 0. The summed E-state index contributed by atoms with van der Waals surface area (Å²) in [5.74, 6) is 0. The van der Waals surface area contributed by atoms with E-state index in [9.17, 15) is 4.79 Å². The molecule has 2 aliphatic heterocycles. The summed E-state index contributed by atoms with van der Waals surface area (Å²) in [6.07, 6.45) is 7.74. The van der Waals surface area contributed by atoms with Gasteiger partial charge in [-0.2, -0.15) is 0 Å². The number of nitrogens with zero attached hydrogens (tertiary/aromatic N) is 3. The van der Waals surface area contributed by atoms with Gasteiger partial charge in [0, 0.05) is 57.3 Å². The zero-order valence-corrected chi connectivity index (χ0v) is 15.2. The smallest absolute Gasteiger partial charge is 0.317 e. The third-order valence-corrected chi connectivity index (χ3v) is 5.33. The highest BCUT2D eigenvalue weighted by Gasteiger charge is 2.26. The molecule has 0 saturated carbocycles. The highest BCUT2D eigenvalue weighted by Crippen LogP contribution is 2.14. The summed E-state index contributed by atoms with van der Waals surface area (Å²) in [5, 5.41) is 3.24. The Kier molecular flexibility index (Phi) is 6.64. The molecule has 1 aromatic heterocycles. The van der Waals surface area contributed by atoms with E-state index < -0.39 is 0 Å². The van der Waals surface area contributed by atoms with Crippen molar-refractivity contribution in [3.05, 3.63) is 30.1 Å². The largest absolute Gasteiger partial charge is 0.380 e. The van der Waals surface area contributed by atoms with Crippen molar-refractivity contribution in [3.63, 3.8) is 0 Å². The molecular formula is C19H30N4O2. The second kappa shape index (κ2) is 9.15. The molecule has 25 heavy (non-hydrogen) atoms. The number of amides is 2. The summed E-state index contributed by atoms with van der Waals surface area (Å²) in [4.78, 5) is 21.0. The lowest BCUT2D eigenvalue weighted by Crippen LogP contribution is -2.51. The highest BCUT2D eigenvalue weighted by atomic mass is 16.5. The summed E-state index contributed by atoms with van der Waals surface area (Å²) in [5.41, 5.74) is 1.34. The van der Waals surface area contributed by atoms with Gasteiger partial charge < -0.3 is 19.9 Å². The minimum Gasteiger partial charge on any atom is -0.380 e. The Labute approximate surface area is 150 Å². The van der Waals surface area contributed by atoms with E-state index in [4.69, 9.17) is 4.74 Å². The van der Waals surface area contributed by atoms with Gasteiger partial charge in [-0.1, -0.05) is 0 Å². The van der Waals surface area contributed by atoms with Crippen LogP contribution in [0.5, 0.6) is 0 Å². The summed E-state index contributed by atoms with van der Waals surface area (Å²) in [6, 6.07) is 4.79. The van der Waals surface area contributed by atoms with Crippen LogP contribution >= 0.6 is 0 Å². The Bertz CT molecular complexity index is 531. The number of ether oxygens (including phenoxy) is 1. The van der Waals surface area contributed by atoms with Crippen molar-refractivity contribution in [2.45, 2.75) is 44.7 Å². The molecule has 6 heteroatoms. The van der Waals surface area contributed by atoms with Crippen LogP contribution in [0.2, 0.25) is 0 Å². The number of piperidine rings is 1. The number of carbonyl (C=O) groups is 1. The SMILES string of the molecule is CC1CCOCCN1C(=O)NC1CCN(CCc2ccncc2)CC1. The second-order valence-electron chi connectivity index (χ2n) is 7.11. The molecular weight excluding hydrogens is 316 g/mol. The van der Waals surface area contributed by atoms with Crippen LogP contribution in [0, 0.1) is 0 Å². The maximum absolute atomic E-state index is 12.6. The van der Waals surface area contributed by atoms with E-state index >= 15 is 0 Å². The molecule has 3 rings (SSSR count). The molecule has 2 fully saturated rings. The molecule has 0 aromatic carbocycles.